The molecule has 0 spiro atoms. The second-order valence-electron chi connectivity index (χ2n) is 12.3. The van der Waals surface area contributed by atoms with Crippen LogP contribution in [0.25, 0.3) is 16.8 Å². The fourth-order valence-corrected chi connectivity index (χ4v) is 6.38. The van der Waals surface area contributed by atoms with E-state index in [0.29, 0.717) is 0 Å². The summed E-state index contributed by atoms with van der Waals surface area (Å²) >= 11 is 0. The molecule has 232 valence electrons. The van der Waals surface area contributed by atoms with E-state index in [0.717, 1.165) is 67.4 Å². The number of hydrogen-bond acceptors (Lipinski definition) is 6. The first-order valence-electron chi connectivity index (χ1n) is 17.1. The summed E-state index contributed by atoms with van der Waals surface area (Å²) in [6, 6.07) is 12.8. The molecular formula is C36H52N6O. The first kappa shape index (κ1) is 31.2. The van der Waals surface area contributed by atoms with Crippen molar-refractivity contribution in [2.75, 3.05) is 37.6 Å². The lowest BCUT2D eigenvalue weighted by atomic mass is 10.0. The van der Waals surface area contributed by atoms with Gasteiger partial charge in [0.25, 0.3) is 0 Å². The Morgan fingerprint density at radius 1 is 0.744 bits per heavy atom. The average Bonchev–Trinajstić information content (AvgIpc) is 3.76. The smallest absolute Gasteiger partial charge is 0.171 e. The van der Waals surface area contributed by atoms with Gasteiger partial charge in [0.05, 0.1) is 6.26 Å². The highest BCUT2D eigenvalue weighted by atomic mass is 16.3. The number of aryl methyl sites for hydroxylation is 2. The van der Waals surface area contributed by atoms with E-state index >= 15 is 0 Å². The van der Waals surface area contributed by atoms with Crippen molar-refractivity contribution in [1.29, 1.82) is 0 Å². The number of piperazine rings is 1. The molecule has 0 N–H and O–H groups in total. The van der Waals surface area contributed by atoms with Gasteiger partial charge < -0.3 is 9.32 Å². The third kappa shape index (κ3) is 9.40. The summed E-state index contributed by atoms with van der Waals surface area (Å²) in [5.74, 6) is 1.90. The van der Waals surface area contributed by atoms with E-state index in [1.165, 1.54) is 95.7 Å². The maximum Gasteiger partial charge on any atom is 0.171 e. The molecule has 4 heterocycles. The van der Waals surface area contributed by atoms with Gasteiger partial charge in [-0.3, -0.25) is 9.30 Å². The highest BCUT2D eigenvalue weighted by Gasteiger charge is 2.18. The number of nitrogens with zero attached hydrogens (tertiary/aromatic N) is 6. The average molecular weight is 585 g/mol. The van der Waals surface area contributed by atoms with Crippen molar-refractivity contribution >= 4 is 11.3 Å². The molecule has 0 bridgehead atoms. The van der Waals surface area contributed by atoms with E-state index in [2.05, 4.69) is 51.2 Å². The van der Waals surface area contributed by atoms with E-state index in [1.807, 2.05) is 22.7 Å². The Bertz CT molecular complexity index is 1310. The van der Waals surface area contributed by atoms with Crippen LogP contribution in [0.4, 0.5) is 5.69 Å². The molecule has 0 atom stereocenters. The van der Waals surface area contributed by atoms with E-state index in [4.69, 9.17) is 9.40 Å². The number of furan rings is 1. The fraction of sp³-hybridized carbons (Fsp3) is 0.583. The maximum atomic E-state index is 5.49. The monoisotopic (exact) mass is 584 g/mol. The van der Waals surface area contributed by atoms with Crippen LogP contribution in [0.2, 0.25) is 0 Å². The van der Waals surface area contributed by atoms with Crippen LogP contribution in [0.15, 0.2) is 59.6 Å². The molecule has 1 aromatic carbocycles. The number of fused-ring (bicyclic) bond motifs is 1. The Hall–Kier alpha value is -3.19. The molecule has 3 aromatic heterocycles. The molecule has 4 aromatic rings. The van der Waals surface area contributed by atoms with E-state index in [1.54, 1.807) is 12.6 Å². The Balaban J connectivity index is 0.985. The van der Waals surface area contributed by atoms with Crippen LogP contribution in [0.3, 0.4) is 0 Å². The highest BCUT2D eigenvalue weighted by molar-refractivity contribution is 5.77. The van der Waals surface area contributed by atoms with Crippen LogP contribution in [0, 0.1) is 0 Å². The summed E-state index contributed by atoms with van der Waals surface area (Å²) in [6.45, 7) is 8.05. The number of aromatic nitrogens is 4. The molecule has 5 rings (SSSR count). The van der Waals surface area contributed by atoms with Gasteiger partial charge in [0.2, 0.25) is 0 Å². The minimum atomic E-state index is 0.770. The molecule has 0 saturated carbocycles. The van der Waals surface area contributed by atoms with Crippen molar-refractivity contribution in [1.82, 2.24) is 24.5 Å². The van der Waals surface area contributed by atoms with Gasteiger partial charge >= 0.3 is 0 Å². The van der Waals surface area contributed by atoms with Crippen LogP contribution in [-0.2, 0) is 12.8 Å². The quantitative estimate of drug-likeness (QED) is 0.103. The van der Waals surface area contributed by atoms with Gasteiger partial charge in [0, 0.05) is 56.5 Å². The summed E-state index contributed by atoms with van der Waals surface area (Å²) in [6.07, 6.45) is 25.4. The minimum Gasteiger partial charge on any atom is -0.469 e. The topological polar surface area (TPSA) is 62.7 Å². The Labute approximate surface area is 258 Å². The van der Waals surface area contributed by atoms with Crippen molar-refractivity contribution in [2.24, 2.45) is 0 Å². The summed E-state index contributed by atoms with van der Waals surface area (Å²) in [5.41, 5.74) is 4.27. The molecule has 7 nitrogen and oxygen atoms in total. The molecule has 7 heteroatoms. The van der Waals surface area contributed by atoms with Crippen molar-refractivity contribution in [3.63, 3.8) is 0 Å². The SMILES string of the molecule is CCCCCCCCCCCCCCCN1CCN(c2ccc(-c3cnc(CCc4ccco4)n4cnnc34)cc2)CC1. The standard InChI is InChI=1S/C36H52N6O/c1-2-3-4-5-6-7-8-9-10-11-12-13-14-23-40-24-26-41(27-25-40)32-19-17-31(18-20-32)34-29-37-35(42-30-38-39-36(34)42)22-21-33-16-15-28-43-33/h15-20,28-30H,2-14,21-27H2,1H3. The molecule has 0 unspecified atom stereocenters. The van der Waals surface area contributed by atoms with Gasteiger partial charge in [-0.05, 0) is 42.8 Å². The largest absolute Gasteiger partial charge is 0.469 e. The lowest BCUT2D eigenvalue weighted by Gasteiger charge is -2.36. The van der Waals surface area contributed by atoms with Gasteiger partial charge in [-0.2, -0.15) is 0 Å². The van der Waals surface area contributed by atoms with Crippen molar-refractivity contribution < 1.29 is 4.42 Å². The van der Waals surface area contributed by atoms with Crippen molar-refractivity contribution in [3.05, 3.63) is 66.8 Å². The molecule has 0 amide bonds. The van der Waals surface area contributed by atoms with Crippen LogP contribution < -0.4 is 4.90 Å². The number of benzene rings is 1. The predicted octanol–water partition coefficient (Wildman–Crippen LogP) is 8.38. The predicted molar refractivity (Wildman–Crippen MR) is 177 cm³/mol. The lowest BCUT2D eigenvalue weighted by Crippen LogP contribution is -2.46. The number of anilines is 1. The Morgan fingerprint density at radius 3 is 2.07 bits per heavy atom. The van der Waals surface area contributed by atoms with Crippen LogP contribution in [-0.4, -0.2) is 57.2 Å². The van der Waals surface area contributed by atoms with Gasteiger partial charge in [-0.1, -0.05) is 96.1 Å². The van der Waals surface area contributed by atoms with Gasteiger partial charge in [-0.25, -0.2) is 4.98 Å². The first-order chi connectivity index (χ1) is 21.3. The second-order valence-corrected chi connectivity index (χ2v) is 12.3. The van der Waals surface area contributed by atoms with E-state index < -0.39 is 0 Å². The molecule has 1 aliphatic heterocycles. The molecule has 0 radical (unpaired) electrons. The van der Waals surface area contributed by atoms with Crippen LogP contribution in [0.1, 0.15) is 102 Å². The number of rotatable bonds is 19. The first-order valence-corrected chi connectivity index (χ1v) is 17.1. The van der Waals surface area contributed by atoms with E-state index in [-0.39, 0.29) is 0 Å². The molecular weight excluding hydrogens is 532 g/mol. The molecule has 43 heavy (non-hydrogen) atoms. The van der Waals surface area contributed by atoms with Crippen LogP contribution >= 0.6 is 0 Å². The highest BCUT2D eigenvalue weighted by Crippen LogP contribution is 2.27. The third-order valence-corrected chi connectivity index (χ3v) is 9.08. The van der Waals surface area contributed by atoms with Gasteiger partial charge in [0.1, 0.15) is 17.9 Å². The zero-order chi connectivity index (χ0) is 29.5. The second kappa shape index (κ2) is 17.2. The molecule has 1 aliphatic rings. The third-order valence-electron chi connectivity index (χ3n) is 9.08. The lowest BCUT2D eigenvalue weighted by molar-refractivity contribution is 0.252. The fourth-order valence-electron chi connectivity index (χ4n) is 6.38. The van der Waals surface area contributed by atoms with E-state index in [9.17, 15) is 0 Å². The normalized spacial score (nSPS) is 14.2. The van der Waals surface area contributed by atoms with Crippen molar-refractivity contribution in [2.45, 2.75) is 103 Å². The molecule has 1 saturated heterocycles. The Morgan fingerprint density at radius 2 is 1.42 bits per heavy atom. The van der Waals surface area contributed by atoms with Gasteiger partial charge in [-0.15, -0.1) is 10.2 Å². The summed E-state index contributed by atoms with van der Waals surface area (Å²) < 4.78 is 7.49. The van der Waals surface area contributed by atoms with Crippen LogP contribution in [0.5, 0.6) is 0 Å². The number of hydrogen-bond donors (Lipinski definition) is 0. The molecule has 0 aliphatic carbocycles. The Kier molecular flexibility index (Phi) is 12.5. The minimum absolute atomic E-state index is 0.770. The maximum absolute atomic E-state index is 5.49. The molecule has 1 fully saturated rings. The summed E-state index contributed by atoms with van der Waals surface area (Å²) in [5, 5.41) is 8.61. The summed E-state index contributed by atoms with van der Waals surface area (Å²) in [4.78, 5) is 9.94. The zero-order valence-corrected chi connectivity index (χ0v) is 26.4. The van der Waals surface area contributed by atoms with Crippen molar-refractivity contribution in [3.8, 4) is 11.1 Å². The van der Waals surface area contributed by atoms with Gasteiger partial charge in [0.15, 0.2) is 5.65 Å². The number of unbranched alkanes of at least 4 members (excludes halogenated alkanes) is 12. The zero-order valence-electron chi connectivity index (χ0n) is 26.4. The summed E-state index contributed by atoms with van der Waals surface area (Å²) in [7, 11) is 0.